The summed E-state index contributed by atoms with van der Waals surface area (Å²) in [4.78, 5) is 24.4. The van der Waals surface area contributed by atoms with Crippen molar-refractivity contribution in [2.75, 3.05) is 6.61 Å². The molecule has 1 heterocycles. The molecule has 0 spiro atoms. The molecule has 2 aliphatic rings. The molecule has 2 rings (SSSR count). The van der Waals surface area contributed by atoms with Crippen molar-refractivity contribution in [2.24, 2.45) is 5.92 Å². The smallest absolute Gasteiger partial charge is 0.336 e. The molecule has 0 aromatic rings. The van der Waals surface area contributed by atoms with Gasteiger partial charge in [-0.1, -0.05) is 29.9 Å². The fraction of sp³-hybridized carbons (Fsp3) is 0.500. The Balaban J connectivity index is 2.37. The summed E-state index contributed by atoms with van der Waals surface area (Å²) in [5.41, 5.74) is 2.73. The van der Waals surface area contributed by atoms with Gasteiger partial charge < -0.3 is 14.6 Å². The molecule has 1 fully saturated rings. The summed E-state index contributed by atoms with van der Waals surface area (Å²) < 4.78 is 11.1. The molecule has 136 valence electrons. The molecule has 0 amide bonds. The van der Waals surface area contributed by atoms with E-state index in [4.69, 9.17) is 9.47 Å². The van der Waals surface area contributed by atoms with Gasteiger partial charge in [0.05, 0.1) is 18.1 Å². The van der Waals surface area contributed by atoms with E-state index in [0.717, 1.165) is 24.0 Å². The number of esters is 2. The predicted molar refractivity (Wildman–Crippen MR) is 94.6 cm³/mol. The van der Waals surface area contributed by atoms with E-state index in [0.29, 0.717) is 12.0 Å². The van der Waals surface area contributed by atoms with Gasteiger partial charge in [0.15, 0.2) is 0 Å². The Bertz CT molecular complexity index is 653. The number of rotatable bonds is 3. The summed E-state index contributed by atoms with van der Waals surface area (Å²) in [7, 11) is 0. The summed E-state index contributed by atoms with van der Waals surface area (Å²) in [5, 5.41) is 9.29. The highest BCUT2D eigenvalue weighted by atomic mass is 16.6. The van der Waals surface area contributed by atoms with Crippen molar-refractivity contribution in [3.8, 4) is 0 Å². The summed E-state index contributed by atoms with van der Waals surface area (Å²) in [6.07, 6.45) is 6.80. The van der Waals surface area contributed by atoms with E-state index in [9.17, 15) is 14.7 Å². The summed E-state index contributed by atoms with van der Waals surface area (Å²) in [5.74, 6) is -1.45. The molecule has 3 atom stereocenters. The largest absolute Gasteiger partial charge is 0.458 e. The van der Waals surface area contributed by atoms with Crippen molar-refractivity contribution >= 4 is 11.9 Å². The number of carbonyl (C=O) groups is 2. The Morgan fingerprint density at radius 3 is 2.80 bits per heavy atom. The zero-order valence-electron chi connectivity index (χ0n) is 15.1. The third-order valence-electron chi connectivity index (χ3n) is 4.70. The third-order valence-corrected chi connectivity index (χ3v) is 4.70. The quantitative estimate of drug-likeness (QED) is 0.483. The van der Waals surface area contributed by atoms with Crippen LogP contribution in [-0.4, -0.2) is 35.9 Å². The lowest BCUT2D eigenvalue weighted by atomic mass is 9.85. The van der Waals surface area contributed by atoms with Crippen molar-refractivity contribution in [1.29, 1.82) is 0 Å². The first-order valence-corrected chi connectivity index (χ1v) is 8.57. The van der Waals surface area contributed by atoms with Gasteiger partial charge in [-0.2, -0.15) is 0 Å². The second-order valence-corrected chi connectivity index (χ2v) is 6.64. The first-order chi connectivity index (χ1) is 11.9. The van der Waals surface area contributed by atoms with Crippen molar-refractivity contribution in [3.63, 3.8) is 0 Å². The first kappa shape index (κ1) is 19.2. The van der Waals surface area contributed by atoms with Crippen molar-refractivity contribution in [2.45, 2.75) is 52.2 Å². The maximum Gasteiger partial charge on any atom is 0.336 e. The molecule has 1 N–H and O–H groups in total. The van der Waals surface area contributed by atoms with Crippen molar-refractivity contribution < 1.29 is 24.2 Å². The molecule has 0 aromatic heterocycles. The molecule has 5 nitrogen and oxygen atoms in total. The number of hydrogen-bond acceptors (Lipinski definition) is 5. The maximum absolute atomic E-state index is 12.3. The average Bonchev–Trinajstić information content (AvgIpc) is 2.81. The Kier molecular flexibility index (Phi) is 6.37. The van der Waals surface area contributed by atoms with Crippen LogP contribution in [0.4, 0.5) is 0 Å². The summed E-state index contributed by atoms with van der Waals surface area (Å²) in [6, 6.07) is 0. The molecule has 0 aromatic carbocycles. The van der Waals surface area contributed by atoms with Gasteiger partial charge in [-0.25, -0.2) is 9.59 Å². The zero-order chi connectivity index (χ0) is 18.6. The van der Waals surface area contributed by atoms with E-state index < -0.39 is 30.1 Å². The SMILES string of the molecule is C=C1C(=O)O[C@@H]2/C=C(\C)CC/C=C(\C)C[C@@H](OC(=O)/C(=C\C)CO)[C@@H]12. The Hall–Kier alpha value is -2.14. The topological polar surface area (TPSA) is 72.8 Å². The minimum absolute atomic E-state index is 0.192. The molecule has 25 heavy (non-hydrogen) atoms. The summed E-state index contributed by atoms with van der Waals surface area (Å²) >= 11 is 0. The number of aliphatic hydroxyl groups excluding tert-OH is 1. The molecular weight excluding hydrogens is 320 g/mol. The van der Waals surface area contributed by atoms with Crippen LogP contribution >= 0.6 is 0 Å². The van der Waals surface area contributed by atoms with Crippen LogP contribution in [0.1, 0.15) is 40.0 Å². The molecule has 0 radical (unpaired) electrons. The van der Waals surface area contributed by atoms with E-state index in [-0.39, 0.29) is 12.2 Å². The molecule has 0 unspecified atom stereocenters. The van der Waals surface area contributed by atoms with E-state index in [2.05, 4.69) is 12.7 Å². The molecule has 0 bridgehead atoms. The van der Waals surface area contributed by atoms with Gasteiger partial charge in [0, 0.05) is 12.0 Å². The number of ether oxygens (including phenoxy) is 2. The standard InChI is InChI=1S/C20H26O5/c1-5-15(11-21)20(23)25-17-10-13(3)8-6-7-12(2)9-16-18(17)14(4)19(22)24-16/h5,8-9,16-18,21H,4,6-7,10-11H2,1-3H3/b12-9+,13-8+,15-5-/t16-,17-,18+/m1/s1. The number of hydrogen-bond donors (Lipinski definition) is 1. The predicted octanol–water partition coefficient (Wildman–Crippen LogP) is 3.01. The molecule has 0 saturated carbocycles. The lowest BCUT2D eigenvalue weighted by Crippen LogP contribution is -2.34. The minimum atomic E-state index is -0.577. The highest BCUT2D eigenvalue weighted by molar-refractivity contribution is 5.92. The highest BCUT2D eigenvalue weighted by Crippen LogP contribution is 2.36. The number of fused-ring (bicyclic) bond motifs is 1. The second-order valence-electron chi connectivity index (χ2n) is 6.64. The normalized spacial score (nSPS) is 32.0. The van der Waals surface area contributed by atoms with Gasteiger partial charge in [-0.15, -0.1) is 0 Å². The van der Waals surface area contributed by atoms with Gasteiger partial charge in [-0.05, 0) is 39.7 Å². The van der Waals surface area contributed by atoms with E-state index in [1.165, 1.54) is 6.08 Å². The van der Waals surface area contributed by atoms with Crippen LogP contribution in [0.15, 0.2) is 47.1 Å². The van der Waals surface area contributed by atoms with Crippen LogP contribution in [0.2, 0.25) is 0 Å². The fourth-order valence-corrected chi connectivity index (χ4v) is 3.22. The van der Waals surface area contributed by atoms with E-state index in [1.54, 1.807) is 6.92 Å². The maximum atomic E-state index is 12.3. The third kappa shape index (κ3) is 4.48. The van der Waals surface area contributed by atoms with Crippen LogP contribution < -0.4 is 0 Å². The Labute approximate surface area is 148 Å². The molecule has 1 saturated heterocycles. The highest BCUT2D eigenvalue weighted by Gasteiger charge is 2.44. The molecule has 1 aliphatic heterocycles. The lowest BCUT2D eigenvalue weighted by molar-refractivity contribution is -0.147. The number of carbonyl (C=O) groups excluding carboxylic acids is 2. The fourth-order valence-electron chi connectivity index (χ4n) is 3.22. The van der Waals surface area contributed by atoms with Crippen LogP contribution in [0.5, 0.6) is 0 Å². The van der Waals surface area contributed by atoms with Gasteiger partial charge in [0.2, 0.25) is 0 Å². The first-order valence-electron chi connectivity index (χ1n) is 8.57. The molecule has 5 heteroatoms. The van der Waals surface area contributed by atoms with Crippen LogP contribution in [0, 0.1) is 5.92 Å². The van der Waals surface area contributed by atoms with Gasteiger partial charge in [0.25, 0.3) is 0 Å². The Morgan fingerprint density at radius 1 is 1.44 bits per heavy atom. The van der Waals surface area contributed by atoms with Crippen LogP contribution in [-0.2, 0) is 19.1 Å². The Morgan fingerprint density at radius 2 is 2.16 bits per heavy atom. The van der Waals surface area contributed by atoms with Crippen molar-refractivity contribution in [3.05, 3.63) is 47.1 Å². The van der Waals surface area contributed by atoms with E-state index >= 15 is 0 Å². The lowest BCUT2D eigenvalue weighted by Gasteiger charge is -2.27. The monoisotopic (exact) mass is 346 g/mol. The zero-order valence-corrected chi connectivity index (χ0v) is 15.1. The van der Waals surface area contributed by atoms with E-state index in [1.807, 2.05) is 19.9 Å². The van der Waals surface area contributed by atoms with Crippen molar-refractivity contribution in [1.82, 2.24) is 0 Å². The number of allylic oxidation sites excluding steroid dienone is 3. The molecule has 1 aliphatic carbocycles. The number of aliphatic hydroxyl groups is 1. The average molecular weight is 346 g/mol. The van der Waals surface area contributed by atoms with Gasteiger partial charge in [-0.3, -0.25) is 0 Å². The minimum Gasteiger partial charge on any atom is -0.458 e. The second kappa shape index (κ2) is 8.30. The van der Waals surface area contributed by atoms with Gasteiger partial charge in [0.1, 0.15) is 12.2 Å². The van der Waals surface area contributed by atoms with Crippen LogP contribution in [0.3, 0.4) is 0 Å². The van der Waals surface area contributed by atoms with Crippen LogP contribution in [0.25, 0.3) is 0 Å². The molecular formula is C20H26O5. The summed E-state index contributed by atoms with van der Waals surface area (Å²) in [6.45, 7) is 9.13. The van der Waals surface area contributed by atoms with Gasteiger partial charge >= 0.3 is 11.9 Å².